The molecule has 1 unspecified atom stereocenters. The highest BCUT2D eigenvalue weighted by Crippen LogP contribution is 2.39. The summed E-state index contributed by atoms with van der Waals surface area (Å²) in [6.07, 6.45) is 3.61. The van der Waals surface area contributed by atoms with Crippen LogP contribution in [0.15, 0.2) is 78.9 Å². The van der Waals surface area contributed by atoms with E-state index in [-0.39, 0.29) is 23.6 Å². The van der Waals surface area contributed by atoms with E-state index in [1.807, 2.05) is 81.4 Å². The number of hydrogen-bond donors (Lipinski definition) is 1. The van der Waals surface area contributed by atoms with Crippen LogP contribution < -0.4 is 5.32 Å². The number of nitrogens with one attached hydrogen (secondary N) is 1. The lowest BCUT2D eigenvalue weighted by molar-refractivity contribution is -0.135. The fourth-order valence-electron chi connectivity index (χ4n) is 6.49. The molecule has 1 N–H and O–H groups in total. The van der Waals surface area contributed by atoms with Crippen LogP contribution in [0.5, 0.6) is 0 Å². The quantitative estimate of drug-likeness (QED) is 0.233. The predicted molar refractivity (Wildman–Crippen MR) is 167 cm³/mol. The molecule has 7 heteroatoms. The molecule has 1 atom stereocenters. The standard InChI is InChI=1S/C36H41N3O4/c1-35(2)29-19-9-7-17-27(29)31(40)38(33(35)42)24-12-22-37-23-13-25-39-32(41)28-18-8-10-20-30(28)36(3,34(39)43)21-11-16-26-14-5-4-6-15-26/h4-10,14-15,17-20,37H,11-13,16,21-25H2,1-3H3. The maximum Gasteiger partial charge on any atom is 0.260 e. The first-order chi connectivity index (χ1) is 20.7. The number of imide groups is 2. The zero-order valence-corrected chi connectivity index (χ0v) is 25.4. The lowest BCUT2D eigenvalue weighted by Crippen LogP contribution is -2.53. The van der Waals surface area contributed by atoms with E-state index in [1.54, 1.807) is 6.07 Å². The van der Waals surface area contributed by atoms with Crippen molar-refractivity contribution in [2.45, 2.75) is 63.7 Å². The van der Waals surface area contributed by atoms with Gasteiger partial charge in [-0.3, -0.25) is 29.0 Å². The normalized spacial score (nSPS) is 19.4. The van der Waals surface area contributed by atoms with Crippen molar-refractivity contribution in [2.75, 3.05) is 26.2 Å². The molecule has 0 spiro atoms. The molecule has 2 aliphatic rings. The lowest BCUT2D eigenvalue weighted by Gasteiger charge is -2.40. The first-order valence-corrected chi connectivity index (χ1v) is 15.3. The van der Waals surface area contributed by atoms with E-state index in [1.165, 1.54) is 15.4 Å². The van der Waals surface area contributed by atoms with E-state index >= 15 is 0 Å². The van der Waals surface area contributed by atoms with Crippen molar-refractivity contribution in [3.8, 4) is 0 Å². The number of carbonyl (C=O) groups is 4. The van der Waals surface area contributed by atoms with Gasteiger partial charge >= 0.3 is 0 Å². The van der Waals surface area contributed by atoms with Gasteiger partial charge in [0.1, 0.15) is 0 Å². The molecule has 224 valence electrons. The number of nitrogens with zero attached hydrogens (tertiary/aromatic N) is 2. The van der Waals surface area contributed by atoms with Crippen LogP contribution in [0, 0.1) is 0 Å². The monoisotopic (exact) mass is 579 g/mol. The maximum atomic E-state index is 13.8. The summed E-state index contributed by atoms with van der Waals surface area (Å²) in [6, 6.07) is 25.1. The first-order valence-electron chi connectivity index (χ1n) is 15.3. The van der Waals surface area contributed by atoms with Gasteiger partial charge in [0.25, 0.3) is 11.8 Å². The summed E-state index contributed by atoms with van der Waals surface area (Å²) in [5.41, 5.74) is 2.52. The molecule has 0 aromatic heterocycles. The average Bonchev–Trinajstić information content (AvgIpc) is 3.02. The SMILES string of the molecule is CC1(C)C(=O)N(CCCNCCCN2C(=O)c3ccccc3C(C)(CCCc3ccccc3)C2=O)C(=O)c2ccccc21. The Morgan fingerprint density at radius 3 is 1.74 bits per heavy atom. The number of amides is 4. The molecule has 0 saturated carbocycles. The minimum Gasteiger partial charge on any atom is -0.317 e. The van der Waals surface area contributed by atoms with Crippen LogP contribution in [0.1, 0.15) is 83.9 Å². The van der Waals surface area contributed by atoms with Gasteiger partial charge in [0, 0.05) is 24.2 Å². The third kappa shape index (κ3) is 5.91. The summed E-state index contributed by atoms with van der Waals surface area (Å²) in [7, 11) is 0. The van der Waals surface area contributed by atoms with Crippen molar-refractivity contribution in [2.24, 2.45) is 0 Å². The highest BCUT2D eigenvalue weighted by atomic mass is 16.2. The highest BCUT2D eigenvalue weighted by Gasteiger charge is 2.47. The van der Waals surface area contributed by atoms with Crippen molar-refractivity contribution < 1.29 is 19.2 Å². The second-order valence-corrected chi connectivity index (χ2v) is 12.4. The topological polar surface area (TPSA) is 86.8 Å². The minimum absolute atomic E-state index is 0.130. The molecule has 4 amide bonds. The molecule has 0 radical (unpaired) electrons. The fraction of sp³-hybridized carbons (Fsp3) is 0.389. The number of aryl methyl sites for hydroxylation is 1. The van der Waals surface area contributed by atoms with Crippen LogP contribution in [-0.4, -0.2) is 59.6 Å². The number of rotatable bonds is 12. The molecule has 0 fully saturated rings. The van der Waals surface area contributed by atoms with Gasteiger partial charge < -0.3 is 5.32 Å². The zero-order valence-electron chi connectivity index (χ0n) is 25.4. The van der Waals surface area contributed by atoms with Crippen molar-refractivity contribution in [1.29, 1.82) is 0 Å². The maximum absolute atomic E-state index is 13.8. The lowest BCUT2D eigenvalue weighted by atomic mass is 9.72. The third-order valence-electron chi connectivity index (χ3n) is 9.03. The third-order valence-corrected chi connectivity index (χ3v) is 9.03. The Bertz CT molecular complexity index is 1520. The molecule has 3 aromatic rings. The Labute approximate surface area is 254 Å². The molecular formula is C36H41N3O4. The largest absolute Gasteiger partial charge is 0.317 e. The second-order valence-electron chi connectivity index (χ2n) is 12.4. The Balaban J connectivity index is 1.13. The van der Waals surface area contributed by atoms with Crippen LogP contribution in [-0.2, 0) is 26.8 Å². The van der Waals surface area contributed by atoms with Crippen molar-refractivity contribution in [1.82, 2.24) is 15.1 Å². The van der Waals surface area contributed by atoms with Crippen molar-refractivity contribution in [3.05, 3.63) is 107 Å². The molecule has 0 bridgehead atoms. The Morgan fingerprint density at radius 2 is 1.12 bits per heavy atom. The van der Waals surface area contributed by atoms with E-state index in [9.17, 15) is 19.2 Å². The number of carbonyl (C=O) groups excluding carboxylic acids is 4. The summed E-state index contributed by atoms with van der Waals surface area (Å²) in [5.74, 6) is -0.778. The molecule has 3 aromatic carbocycles. The van der Waals surface area contributed by atoms with Gasteiger partial charge in [-0.05, 0) is 94.8 Å². The van der Waals surface area contributed by atoms with E-state index in [0.29, 0.717) is 56.6 Å². The second kappa shape index (κ2) is 12.6. The summed E-state index contributed by atoms with van der Waals surface area (Å²) in [5, 5.41) is 3.36. The number of fused-ring (bicyclic) bond motifs is 2. The van der Waals surface area contributed by atoms with Crippen molar-refractivity contribution in [3.63, 3.8) is 0 Å². The van der Waals surface area contributed by atoms with Gasteiger partial charge in [-0.15, -0.1) is 0 Å². The van der Waals surface area contributed by atoms with Crippen LogP contribution in [0.4, 0.5) is 0 Å². The van der Waals surface area contributed by atoms with Crippen LogP contribution in [0.3, 0.4) is 0 Å². The van der Waals surface area contributed by atoms with E-state index in [2.05, 4.69) is 17.4 Å². The van der Waals surface area contributed by atoms with Gasteiger partial charge in [-0.25, -0.2) is 0 Å². The van der Waals surface area contributed by atoms with Crippen LogP contribution in [0.25, 0.3) is 0 Å². The van der Waals surface area contributed by atoms with Crippen molar-refractivity contribution >= 4 is 23.6 Å². The molecule has 43 heavy (non-hydrogen) atoms. The van der Waals surface area contributed by atoms with Gasteiger partial charge in [-0.2, -0.15) is 0 Å². The van der Waals surface area contributed by atoms with Gasteiger partial charge in [0.05, 0.1) is 10.8 Å². The fourth-order valence-corrected chi connectivity index (χ4v) is 6.49. The first kappa shape index (κ1) is 30.4. The van der Waals surface area contributed by atoms with Gasteiger partial charge in [0.15, 0.2) is 0 Å². The molecular weight excluding hydrogens is 538 g/mol. The average molecular weight is 580 g/mol. The van der Waals surface area contributed by atoms with E-state index in [4.69, 9.17) is 0 Å². The summed E-state index contributed by atoms with van der Waals surface area (Å²) < 4.78 is 0. The molecule has 0 saturated heterocycles. The predicted octanol–water partition coefficient (Wildman–Crippen LogP) is 5.28. The Kier molecular flexibility index (Phi) is 8.92. The molecule has 0 aliphatic carbocycles. The van der Waals surface area contributed by atoms with E-state index < -0.39 is 10.8 Å². The van der Waals surface area contributed by atoms with Crippen LogP contribution >= 0.6 is 0 Å². The summed E-state index contributed by atoms with van der Waals surface area (Å²) in [4.78, 5) is 56.1. The molecule has 2 aliphatic heterocycles. The number of benzene rings is 3. The minimum atomic E-state index is -0.757. The van der Waals surface area contributed by atoms with Gasteiger partial charge in [-0.1, -0.05) is 66.7 Å². The highest BCUT2D eigenvalue weighted by molar-refractivity contribution is 6.13. The van der Waals surface area contributed by atoms with Gasteiger partial charge in [0.2, 0.25) is 11.8 Å². The van der Waals surface area contributed by atoms with E-state index in [0.717, 1.165) is 24.0 Å². The molecule has 2 heterocycles. The zero-order chi connectivity index (χ0) is 30.6. The summed E-state index contributed by atoms with van der Waals surface area (Å²) in [6.45, 7) is 7.59. The Hall–Kier alpha value is -4.10. The molecule has 7 nitrogen and oxygen atoms in total. The molecule has 5 rings (SSSR count). The Morgan fingerprint density at radius 1 is 0.605 bits per heavy atom. The van der Waals surface area contributed by atoms with Crippen LogP contribution in [0.2, 0.25) is 0 Å². The summed E-state index contributed by atoms with van der Waals surface area (Å²) >= 11 is 0. The number of hydrogen-bond acceptors (Lipinski definition) is 5. The smallest absolute Gasteiger partial charge is 0.260 e.